The van der Waals surface area contributed by atoms with Crippen molar-refractivity contribution in [2.45, 2.75) is 59.0 Å². The monoisotopic (exact) mass is 565 g/mol. The van der Waals surface area contributed by atoms with Gasteiger partial charge in [-0.2, -0.15) is 13.2 Å². The van der Waals surface area contributed by atoms with Gasteiger partial charge in [0.05, 0.1) is 24.0 Å². The van der Waals surface area contributed by atoms with E-state index in [4.69, 9.17) is 4.74 Å². The summed E-state index contributed by atoms with van der Waals surface area (Å²) in [5.41, 5.74) is -0.769. The second-order valence-corrected chi connectivity index (χ2v) is 9.40. The molecule has 0 radical (unpaired) electrons. The van der Waals surface area contributed by atoms with Gasteiger partial charge < -0.3 is 15.4 Å². The molecule has 0 aromatic heterocycles. The van der Waals surface area contributed by atoms with Crippen molar-refractivity contribution in [3.8, 4) is 5.75 Å². The van der Waals surface area contributed by atoms with Crippen molar-refractivity contribution in [3.63, 3.8) is 0 Å². The second-order valence-electron chi connectivity index (χ2n) is 7.14. The maximum absolute atomic E-state index is 13.5. The summed E-state index contributed by atoms with van der Waals surface area (Å²) in [4.78, 5) is 4.24. The first-order valence-electron chi connectivity index (χ1n) is 9.41. The summed E-state index contributed by atoms with van der Waals surface area (Å²) in [6.07, 6.45) is -3.25. The van der Waals surface area contributed by atoms with Crippen molar-refractivity contribution < 1.29 is 26.3 Å². The van der Waals surface area contributed by atoms with Crippen molar-refractivity contribution in [2.24, 2.45) is 4.99 Å². The minimum Gasteiger partial charge on any atom is -0.491 e. The molecule has 0 spiro atoms. The Morgan fingerprint density at radius 3 is 2.37 bits per heavy atom. The van der Waals surface area contributed by atoms with Crippen LogP contribution in [-0.4, -0.2) is 45.1 Å². The summed E-state index contributed by atoms with van der Waals surface area (Å²) in [7, 11) is -3.09. The Hall–Kier alpha value is -1.24. The predicted octanol–water partition coefficient (Wildman–Crippen LogP) is 3.99. The lowest BCUT2D eigenvalue weighted by Crippen LogP contribution is -2.42. The van der Waals surface area contributed by atoms with Gasteiger partial charge in [-0.1, -0.05) is 6.07 Å². The normalized spacial score (nSPS) is 13.6. The number of aliphatic imine (C=N–C) groups is 1. The molecule has 0 saturated carbocycles. The predicted molar refractivity (Wildman–Crippen MR) is 124 cm³/mol. The molecule has 1 atom stereocenters. The van der Waals surface area contributed by atoms with Gasteiger partial charge in [0, 0.05) is 18.8 Å². The third-order valence-corrected chi connectivity index (χ3v) is 4.79. The number of nitrogens with zero attached hydrogens (tertiary/aromatic N) is 1. The molecule has 0 aliphatic carbocycles. The zero-order valence-corrected chi connectivity index (χ0v) is 21.0. The van der Waals surface area contributed by atoms with E-state index < -0.39 is 21.6 Å². The van der Waals surface area contributed by atoms with Crippen molar-refractivity contribution in [1.82, 2.24) is 10.6 Å². The van der Waals surface area contributed by atoms with E-state index in [1.807, 2.05) is 6.92 Å². The molecular weight excluding hydrogens is 534 g/mol. The van der Waals surface area contributed by atoms with Crippen molar-refractivity contribution in [1.29, 1.82) is 0 Å². The molecular formula is C19H31F3IN3O3S. The number of hydrogen-bond acceptors (Lipinski definition) is 4. The van der Waals surface area contributed by atoms with Crippen LogP contribution >= 0.6 is 24.0 Å². The Morgan fingerprint density at radius 2 is 1.87 bits per heavy atom. The van der Waals surface area contributed by atoms with Crippen LogP contribution in [-0.2, 0) is 22.6 Å². The number of nitrogens with one attached hydrogen (secondary N) is 2. The fourth-order valence-corrected chi connectivity index (χ4v) is 3.27. The minimum absolute atomic E-state index is 0. The third kappa shape index (κ3) is 11.2. The second kappa shape index (κ2) is 12.6. The molecule has 11 heteroatoms. The molecule has 0 bridgehead atoms. The number of benzene rings is 1. The number of hydrogen-bond donors (Lipinski definition) is 2. The van der Waals surface area contributed by atoms with Gasteiger partial charge in [0.15, 0.2) is 5.96 Å². The first-order chi connectivity index (χ1) is 13.3. The minimum atomic E-state index is -4.53. The first kappa shape index (κ1) is 28.8. The van der Waals surface area contributed by atoms with Crippen LogP contribution in [0.2, 0.25) is 0 Å². The molecule has 0 aliphatic heterocycles. The highest BCUT2D eigenvalue weighted by Gasteiger charge is 2.33. The van der Waals surface area contributed by atoms with Gasteiger partial charge in [-0.25, -0.2) is 13.4 Å². The van der Waals surface area contributed by atoms with Gasteiger partial charge in [-0.3, -0.25) is 0 Å². The summed E-state index contributed by atoms with van der Waals surface area (Å²) in [6, 6.07) is 3.63. The molecule has 0 saturated heterocycles. The van der Waals surface area contributed by atoms with Gasteiger partial charge in [0.2, 0.25) is 0 Å². The van der Waals surface area contributed by atoms with Crippen molar-refractivity contribution in [2.75, 3.05) is 18.6 Å². The Labute approximate surface area is 194 Å². The maximum Gasteiger partial charge on any atom is 0.416 e. The van der Waals surface area contributed by atoms with E-state index in [-0.39, 0.29) is 59.7 Å². The number of alkyl halides is 3. The summed E-state index contributed by atoms with van der Waals surface area (Å²) in [5.74, 6) is 0.486. The molecule has 1 rings (SSSR count). The topological polar surface area (TPSA) is 79.8 Å². The molecule has 1 unspecified atom stereocenters. The van der Waals surface area contributed by atoms with Crippen LogP contribution in [0.3, 0.4) is 0 Å². The quantitative estimate of drug-likeness (QED) is 0.269. The fourth-order valence-electron chi connectivity index (χ4n) is 2.48. The smallest absolute Gasteiger partial charge is 0.416 e. The highest BCUT2D eigenvalue weighted by Crippen LogP contribution is 2.35. The third-order valence-electron chi connectivity index (χ3n) is 3.82. The molecule has 1 aromatic carbocycles. The lowest BCUT2D eigenvalue weighted by atomic mass is 10.1. The van der Waals surface area contributed by atoms with Crippen LogP contribution in [0.1, 0.15) is 45.2 Å². The molecule has 6 nitrogen and oxygen atoms in total. The molecule has 1 aromatic rings. The highest BCUT2D eigenvalue weighted by atomic mass is 127. The standard InChI is InChI=1S/C19H30F3N3O3S.HI/c1-6-23-18(25-14(4)9-10-29(5,26)27)24-12-15-7-8-16(28-13(2)3)11-17(15)19(20,21)22;/h7-8,11,13-14H,6,9-10,12H2,1-5H3,(H2,23,24,25);1H. The van der Waals surface area contributed by atoms with E-state index in [1.54, 1.807) is 20.8 Å². The maximum atomic E-state index is 13.5. The summed E-state index contributed by atoms with van der Waals surface area (Å²) in [5, 5.41) is 5.99. The Kier molecular flexibility index (Phi) is 12.1. The fraction of sp³-hybridized carbons (Fsp3) is 0.632. The van der Waals surface area contributed by atoms with E-state index in [2.05, 4.69) is 15.6 Å². The van der Waals surface area contributed by atoms with Crippen molar-refractivity contribution >= 4 is 39.8 Å². The van der Waals surface area contributed by atoms with Crippen LogP contribution < -0.4 is 15.4 Å². The van der Waals surface area contributed by atoms with E-state index in [9.17, 15) is 21.6 Å². The molecule has 0 amide bonds. The Morgan fingerprint density at radius 1 is 1.23 bits per heavy atom. The van der Waals surface area contributed by atoms with Crippen LogP contribution in [0, 0.1) is 0 Å². The van der Waals surface area contributed by atoms with Crippen LogP contribution in [0.5, 0.6) is 5.75 Å². The highest BCUT2D eigenvalue weighted by molar-refractivity contribution is 14.0. The molecule has 0 fully saturated rings. The van der Waals surface area contributed by atoms with Crippen LogP contribution in [0.15, 0.2) is 23.2 Å². The number of sulfone groups is 1. The molecule has 0 aliphatic rings. The van der Waals surface area contributed by atoms with Gasteiger partial charge in [-0.05, 0) is 51.8 Å². The molecule has 174 valence electrons. The lowest BCUT2D eigenvalue weighted by Gasteiger charge is -2.18. The van der Waals surface area contributed by atoms with E-state index >= 15 is 0 Å². The summed E-state index contributed by atoms with van der Waals surface area (Å²) < 4.78 is 68.4. The van der Waals surface area contributed by atoms with Gasteiger partial charge >= 0.3 is 6.18 Å². The average molecular weight is 565 g/mol. The van der Waals surface area contributed by atoms with Gasteiger partial charge in [-0.15, -0.1) is 24.0 Å². The number of rotatable bonds is 9. The first-order valence-corrected chi connectivity index (χ1v) is 11.5. The summed E-state index contributed by atoms with van der Waals surface area (Å²) in [6.45, 7) is 7.42. The van der Waals surface area contributed by atoms with Crippen molar-refractivity contribution in [3.05, 3.63) is 29.3 Å². The van der Waals surface area contributed by atoms with E-state index in [0.717, 1.165) is 12.3 Å². The Balaban J connectivity index is 0.00000841. The van der Waals surface area contributed by atoms with E-state index in [1.165, 1.54) is 12.1 Å². The van der Waals surface area contributed by atoms with Crippen LogP contribution in [0.25, 0.3) is 0 Å². The average Bonchev–Trinajstić information content (AvgIpc) is 2.57. The SMILES string of the molecule is CCNC(=NCc1ccc(OC(C)C)cc1C(F)(F)F)NC(C)CCS(C)(=O)=O.I. The molecule has 0 heterocycles. The zero-order chi connectivity index (χ0) is 22.2. The summed E-state index contributed by atoms with van der Waals surface area (Å²) >= 11 is 0. The number of halogens is 4. The van der Waals surface area contributed by atoms with Crippen LogP contribution in [0.4, 0.5) is 13.2 Å². The lowest BCUT2D eigenvalue weighted by molar-refractivity contribution is -0.138. The van der Waals surface area contributed by atoms with E-state index in [0.29, 0.717) is 18.9 Å². The Bertz CT molecular complexity index is 800. The largest absolute Gasteiger partial charge is 0.491 e. The molecule has 30 heavy (non-hydrogen) atoms. The van der Waals surface area contributed by atoms with Gasteiger partial charge in [0.25, 0.3) is 0 Å². The zero-order valence-electron chi connectivity index (χ0n) is 17.8. The number of ether oxygens (including phenoxy) is 1. The molecule has 2 N–H and O–H groups in total. The van der Waals surface area contributed by atoms with Gasteiger partial charge in [0.1, 0.15) is 15.6 Å². The number of guanidine groups is 1.